The lowest BCUT2D eigenvalue weighted by molar-refractivity contribution is -0.227. The van der Waals surface area contributed by atoms with Gasteiger partial charge in [-0.2, -0.15) is 0 Å². The molecule has 2 heterocycles. The topological polar surface area (TPSA) is 80.3 Å². The van der Waals surface area contributed by atoms with Crippen molar-refractivity contribution in [3.8, 4) is 0 Å². The molecule has 1 unspecified atom stereocenters. The lowest BCUT2D eigenvalue weighted by Gasteiger charge is -2.27. The van der Waals surface area contributed by atoms with Gasteiger partial charge in [-0.3, -0.25) is 9.59 Å². The Morgan fingerprint density at radius 1 is 1.24 bits per heavy atom. The second-order valence-electron chi connectivity index (χ2n) is 5.46. The summed E-state index contributed by atoms with van der Waals surface area (Å²) in [5.41, 5.74) is 0. The largest absolute Gasteiger partial charge is 0.462 e. The molecule has 0 N–H and O–H groups in total. The molecule has 21 heavy (non-hydrogen) atoms. The van der Waals surface area contributed by atoms with Gasteiger partial charge < -0.3 is 23.7 Å². The summed E-state index contributed by atoms with van der Waals surface area (Å²) in [4.78, 5) is 22.0. The number of hydrogen-bond acceptors (Lipinski definition) is 7. The molecule has 0 spiro atoms. The second-order valence-corrected chi connectivity index (χ2v) is 5.46. The predicted molar refractivity (Wildman–Crippen MR) is 65.8 cm³/mol. The Morgan fingerprint density at radius 2 is 1.90 bits per heavy atom. The highest BCUT2D eigenvalue weighted by molar-refractivity contribution is 5.67. The van der Waals surface area contributed by atoms with Crippen LogP contribution in [0.15, 0.2) is 0 Å². The van der Waals surface area contributed by atoms with E-state index < -0.39 is 48.5 Å². The van der Waals surface area contributed by atoms with Crippen LogP contribution in [-0.4, -0.2) is 55.1 Å². The minimum absolute atomic E-state index is 0.289. The van der Waals surface area contributed by atoms with Crippen molar-refractivity contribution in [2.75, 3.05) is 6.61 Å². The number of fused-ring (bicyclic) bond motifs is 1. The maximum absolute atomic E-state index is 14.4. The molecule has 8 heteroatoms. The van der Waals surface area contributed by atoms with Crippen molar-refractivity contribution >= 4 is 11.9 Å². The molecular weight excluding hydrogens is 287 g/mol. The fourth-order valence-corrected chi connectivity index (χ4v) is 2.40. The van der Waals surface area contributed by atoms with Crippen molar-refractivity contribution < 1.29 is 37.7 Å². The summed E-state index contributed by atoms with van der Waals surface area (Å²) in [5, 5.41) is 0. The highest BCUT2D eigenvalue weighted by Crippen LogP contribution is 2.40. The van der Waals surface area contributed by atoms with Crippen molar-refractivity contribution in [3.05, 3.63) is 0 Å². The monoisotopic (exact) mass is 306 g/mol. The Morgan fingerprint density at radius 3 is 2.43 bits per heavy atom. The van der Waals surface area contributed by atoms with Crippen LogP contribution in [0.3, 0.4) is 0 Å². The summed E-state index contributed by atoms with van der Waals surface area (Å²) in [6.07, 6.45) is -5.51. The number of carbonyl (C=O) groups is 2. The predicted octanol–water partition coefficient (Wildman–Crippen LogP) is 0.696. The molecule has 2 aliphatic heterocycles. The van der Waals surface area contributed by atoms with Crippen LogP contribution in [0.4, 0.5) is 4.39 Å². The molecule has 0 radical (unpaired) electrons. The molecule has 0 amide bonds. The second kappa shape index (κ2) is 5.86. The number of rotatable bonds is 4. The maximum atomic E-state index is 14.4. The van der Waals surface area contributed by atoms with E-state index in [0.717, 1.165) is 0 Å². The van der Waals surface area contributed by atoms with E-state index in [2.05, 4.69) is 0 Å². The summed E-state index contributed by atoms with van der Waals surface area (Å²) in [6.45, 7) is 5.40. The van der Waals surface area contributed by atoms with E-state index in [1.165, 1.54) is 13.8 Å². The van der Waals surface area contributed by atoms with Crippen molar-refractivity contribution in [1.82, 2.24) is 0 Å². The summed E-state index contributed by atoms with van der Waals surface area (Å²) >= 11 is 0. The normalized spacial score (nSPS) is 35.1. The number of esters is 2. The number of carbonyl (C=O) groups excluding carboxylic acids is 2. The minimum Gasteiger partial charge on any atom is -0.462 e. The summed E-state index contributed by atoms with van der Waals surface area (Å²) in [7, 11) is 0. The van der Waals surface area contributed by atoms with Gasteiger partial charge in [-0.15, -0.1) is 0 Å². The van der Waals surface area contributed by atoms with Crippen molar-refractivity contribution in [2.24, 2.45) is 0 Å². The number of alkyl halides is 1. The van der Waals surface area contributed by atoms with E-state index in [9.17, 15) is 14.0 Å². The van der Waals surface area contributed by atoms with Crippen molar-refractivity contribution in [1.29, 1.82) is 0 Å². The molecule has 2 aliphatic rings. The Bertz CT molecular complexity index is 425. The number of halogens is 1. The minimum atomic E-state index is -1.56. The van der Waals surface area contributed by atoms with Crippen LogP contribution in [0.2, 0.25) is 0 Å². The van der Waals surface area contributed by atoms with Crippen LogP contribution in [-0.2, 0) is 33.3 Å². The van der Waals surface area contributed by atoms with Crippen LogP contribution in [0.1, 0.15) is 27.7 Å². The molecule has 0 aliphatic carbocycles. The third kappa shape index (κ3) is 3.69. The molecule has 120 valence electrons. The average Bonchev–Trinajstić information content (AvgIpc) is 2.78. The Balaban J connectivity index is 2.04. The van der Waals surface area contributed by atoms with E-state index in [1.807, 2.05) is 0 Å². The average molecular weight is 306 g/mol. The molecule has 2 saturated heterocycles. The lowest BCUT2D eigenvalue weighted by Crippen LogP contribution is -2.43. The van der Waals surface area contributed by atoms with E-state index in [4.69, 9.17) is 23.7 Å². The molecule has 7 nitrogen and oxygen atoms in total. The van der Waals surface area contributed by atoms with Gasteiger partial charge in [-0.05, 0) is 13.8 Å². The van der Waals surface area contributed by atoms with Gasteiger partial charge in [0.25, 0.3) is 0 Å². The Labute approximate surface area is 121 Å². The number of hydrogen-bond donors (Lipinski definition) is 0. The smallest absolute Gasteiger partial charge is 0.303 e. The highest BCUT2D eigenvalue weighted by Gasteiger charge is 2.57. The molecule has 0 bridgehead atoms. The fraction of sp³-hybridized carbons (Fsp3) is 0.846. The SMILES string of the molecule is CC(=O)OCC(OC(C)=O)[C@H]1O[C@@H]2OC(C)(C)O[C@@H]2[C@H]1F. The fourth-order valence-electron chi connectivity index (χ4n) is 2.40. The van der Waals surface area contributed by atoms with Gasteiger partial charge in [0.1, 0.15) is 18.8 Å². The van der Waals surface area contributed by atoms with Gasteiger partial charge in [0.15, 0.2) is 24.4 Å². The third-order valence-corrected chi connectivity index (χ3v) is 3.14. The van der Waals surface area contributed by atoms with Gasteiger partial charge in [0.05, 0.1) is 0 Å². The van der Waals surface area contributed by atoms with Crippen molar-refractivity contribution in [2.45, 2.75) is 64.3 Å². The molecule has 0 aromatic carbocycles. The molecule has 5 atom stereocenters. The van der Waals surface area contributed by atoms with E-state index in [0.29, 0.717) is 0 Å². The Hall–Kier alpha value is -1.25. The van der Waals surface area contributed by atoms with Gasteiger partial charge in [0.2, 0.25) is 0 Å². The van der Waals surface area contributed by atoms with E-state index >= 15 is 0 Å². The zero-order chi connectivity index (χ0) is 15.8. The first-order valence-corrected chi connectivity index (χ1v) is 6.65. The van der Waals surface area contributed by atoms with Gasteiger partial charge in [0, 0.05) is 13.8 Å². The molecule has 0 aromatic rings. The van der Waals surface area contributed by atoms with Gasteiger partial charge in [-0.1, -0.05) is 0 Å². The maximum Gasteiger partial charge on any atom is 0.303 e. The molecule has 2 fully saturated rings. The quantitative estimate of drug-likeness (QED) is 0.707. The van der Waals surface area contributed by atoms with Gasteiger partial charge >= 0.3 is 11.9 Å². The van der Waals surface area contributed by atoms with Crippen LogP contribution < -0.4 is 0 Å². The number of ether oxygens (including phenoxy) is 5. The first-order valence-electron chi connectivity index (χ1n) is 6.65. The van der Waals surface area contributed by atoms with Crippen molar-refractivity contribution in [3.63, 3.8) is 0 Å². The highest BCUT2D eigenvalue weighted by atomic mass is 19.1. The third-order valence-electron chi connectivity index (χ3n) is 3.14. The zero-order valence-corrected chi connectivity index (χ0v) is 12.3. The zero-order valence-electron chi connectivity index (χ0n) is 12.3. The summed E-state index contributed by atoms with van der Waals surface area (Å²) < 4.78 is 40.5. The lowest BCUT2D eigenvalue weighted by atomic mass is 10.1. The molecule has 0 aromatic heterocycles. The van der Waals surface area contributed by atoms with Crippen LogP contribution in [0, 0.1) is 0 Å². The first kappa shape index (κ1) is 16.1. The first-order chi connectivity index (χ1) is 9.69. The van der Waals surface area contributed by atoms with E-state index in [1.54, 1.807) is 13.8 Å². The standard InChI is InChI=1S/C13H19FO7/c1-6(15)17-5-8(18-7(2)16)10-9(14)11-12(19-10)21-13(3,4)20-11/h8-12H,5H2,1-4H3/t8?,9-,10+,11+,12+/m0/s1. The molecular formula is C13H19FO7. The van der Waals surface area contributed by atoms with Crippen LogP contribution >= 0.6 is 0 Å². The molecule has 0 saturated carbocycles. The molecule has 2 rings (SSSR count). The van der Waals surface area contributed by atoms with Crippen LogP contribution in [0.5, 0.6) is 0 Å². The summed E-state index contributed by atoms with van der Waals surface area (Å²) in [6, 6.07) is 0. The van der Waals surface area contributed by atoms with Crippen LogP contribution in [0.25, 0.3) is 0 Å². The van der Waals surface area contributed by atoms with E-state index in [-0.39, 0.29) is 6.61 Å². The summed E-state index contributed by atoms with van der Waals surface area (Å²) in [5.74, 6) is -2.12. The van der Waals surface area contributed by atoms with Gasteiger partial charge in [-0.25, -0.2) is 4.39 Å². The Kier molecular flexibility index (Phi) is 4.50.